The molecule has 0 bridgehead atoms. The second-order valence-electron chi connectivity index (χ2n) is 7.76. The highest BCUT2D eigenvalue weighted by molar-refractivity contribution is 7.91. The molecule has 3 heterocycles. The van der Waals surface area contributed by atoms with E-state index in [-0.39, 0.29) is 12.5 Å². The lowest BCUT2D eigenvalue weighted by molar-refractivity contribution is -0.120. The van der Waals surface area contributed by atoms with Gasteiger partial charge < -0.3 is 11.1 Å². The number of primary amides is 1. The molecule has 2 aliphatic rings. The molecule has 2 aromatic rings. The Hall–Kier alpha value is -1.75. The van der Waals surface area contributed by atoms with Gasteiger partial charge in [0.15, 0.2) is 0 Å². The Morgan fingerprint density at radius 2 is 1.97 bits per heavy atom. The molecule has 1 aliphatic carbocycles. The number of nitrogens with one attached hydrogen (secondary N) is 1. The van der Waals surface area contributed by atoms with Gasteiger partial charge in [0.05, 0.1) is 11.5 Å². The van der Waals surface area contributed by atoms with Crippen molar-refractivity contribution < 1.29 is 18.0 Å². The second-order valence-corrected chi connectivity index (χ2v) is 12.0. The van der Waals surface area contributed by atoms with Crippen LogP contribution in [0.3, 0.4) is 0 Å². The van der Waals surface area contributed by atoms with Gasteiger partial charge in [-0.3, -0.25) is 9.59 Å². The van der Waals surface area contributed by atoms with Crippen LogP contribution >= 0.6 is 22.7 Å². The number of carbonyl (C=O) groups is 2. The van der Waals surface area contributed by atoms with Crippen molar-refractivity contribution in [2.75, 3.05) is 18.4 Å². The zero-order chi connectivity index (χ0) is 21.3. The van der Waals surface area contributed by atoms with E-state index in [9.17, 15) is 18.0 Å². The van der Waals surface area contributed by atoms with Crippen LogP contribution in [0.2, 0.25) is 0 Å². The van der Waals surface area contributed by atoms with E-state index in [4.69, 9.17) is 5.73 Å². The summed E-state index contributed by atoms with van der Waals surface area (Å²) in [7, 11) is -3.59. The fourth-order valence-corrected chi connectivity index (χ4v) is 8.18. The van der Waals surface area contributed by atoms with Gasteiger partial charge in [0.1, 0.15) is 9.21 Å². The maximum absolute atomic E-state index is 13.0. The van der Waals surface area contributed by atoms with Gasteiger partial charge in [0.25, 0.3) is 15.9 Å². The smallest absolute Gasteiger partial charge is 0.252 e. The molecule has 0 aromatic carbocycles. The van der Waals surface area contributed by atoms with Crippen LogP contribution in [0.25, 0.3) is 0 Å². The number of thiophene rings is 2. The van der Waals surface area contributed by atoms with E-state index in [0.29, 0.717) is 34.2 Å². The minimum atomic E-state index is -3.59. The van der Waals surface area contributed by atoms with Crippen molar-refractivity contribution in [3.63, 3.8) is 0 Å². The molecule has 1 saturated heterocycles. The third-order valence-corrected chi connectivity index (χ3v) is 10.2. The summed E-state index contributed by atoms with van der Waals surface area (Å²) < 4.78 is 27.3. The van der Waals surface area contributed by atoms with E-state index in [0.717, 1.165) is 42.5 Å². The minimum Gasteiger partial charge on any atom is -0.365 e. The summed E-state index contributed by atoms with van der Waals surface area (Å²) in [6.07, 6.45) is 6.12. The Morgan fingerprint density at radius 3 is 2.70 bits per heavy atom. The van der Waals surface area contributed by atoms with Gasteiger partial charge in [-0.1, -0.05) is 12.5 Å². The number of nitrogens with two attached hydrogens (primary N) is 1. The lowest BCUT2D eigenvalue weighted by Crippen LogP contribution is -2.43. The largest absolute Gasteiger partial charge is 0.365 e. The molecule has 0 spiro atoms. The van der Waals surface area contributed by atoms with Crippen LogP contribution in [0, 0.1) is 5.92 Å². The molecule has 4 rings (SSSR count). The molecule has 2 aromatic heterocycles. The van der Waals surface area contributed by atoms with Crippen molar-refractivity contribution in [2.45, 2.75) is 49.2 Å². The molecule has 7 nitrogen and oxygen atoms in total. The Balaban J connectivity index is 1.52. The van der Waals surface area contributed by atoms with E-state index in [1.54, 1.807) is 17.5 Å². The van der Waals surface area contributed by atoms with Crippen molar-refractivity contribution in [2.24, 2.45) is 11.7 Å². The SMILES string of the molecule is NC(=O)c1c(NC(=O)C2CCCN(S(=O)(=O)c3cccs3)C2)sc2c1CCCCC2. The van der Waals surface area contributed by atoms with Gasteiger partial charge in [0.2, 0.25) is 5.91 Å². The maximum Gasteiger partial charge on any atom is 0.252 e. The fourth-order valence-electron chi connectivity index (χ4n) is 4.22. The molecule has 1 atom stereocenters. The third-order valence-electron chi connectivity index (χ3n) is 5.75. The van der Waals surface area contributed by atoms with Crippen LogP contribution in [0.4, 0.5) is 5.00 Å². The van der Waals surface area contributed by atoms with Crippen molar-refractivity contribution in [3.8, 4) is 0 Å². The molecule has 30 heavy (non-hydrogen) atoms. The normalized spacial score (nSPS) is 20.3. The van der Waals surface area contributed by atoms with E-state index in [2.05, 4.69) is 5.32 Å². The average Bonchev–Trinajstić information content (AvgIpc) is 3.32. The fraction of sp³-hybridized carbons (Fsp3) is 0.500. The predicted molar refractivity (Wildman–Crippen MR) is 119 cm³/mol. The molecule has 1 aliphatic heterocycles. The van der Waals surface area contributed by atoms with Crippen molar-refractivity contribution in [3.05, 3.63) is 33.5 Å². The first kappa shape index (κ1) is 21.5. The Labute approximate surface area is 184 Å². The number of nitrogens with zero attached hydrogens (tertiary/aromatic N) is 1. The lowest BCUT2D eigenvalue weighted by Gasteiger charge is -2.30. The molecule has 3 N–H and O–H groups in total. The number of sulfonamides is 1. The third kappa shape index (κ3) is 4.18. The van der Waals surface area contributed by atoms with Gasteiger partial charge in [0, 0.05) is 18.0 Å². The lowest BCUT2D eigenvalue weighted by atomic mass is 9.98. The number of fused-ring (bicyclic) bond motifs is 1. The molecule has 10 heteroatoms. The van der Waals surface area contributed by atoms with Crippen LogP contribution in [-0.4, -0.2) is 37.6 Å². The number of hydrogen-bond acceptors (Lipinski definition) is 6. The van der Waals surface area contributed by atoms with E-state index in [1.807, 2.05) is 0 Å². The van der Waals surface area contributed by atoms with Crippen molar-refractivity contribution >= 4 is 49.5 Å². The zero-order valence-electron chi connectivity index (χ0n) is 16.6. The highest BCUT2D eigenvalue weighted by atomic mass is 32.2. The summed E-state index contributed by atoms with van der Waals surface area (Å²) in [5.41, 5.74) is 7.06. The van der Waals surface area contributed by atoms with E-state index < -0.39 is 21.8 Å². The first-order valence-corrected chi connectivity index (χ1v) is 13.3. The minimum absolute atomic E-state index is 0.142. The summed E-state index contributed by atoms with van der Waals surface area (Å²) in [5.74, 6) is -1.23. The van der Waals surface area contributed by atoms with Crippen LogP contribution in [-0.2, 0) is 27.7 Å². The molecule has 0 saturated carbocycles. The summed E-state index contributed by atoms with van der Waals surface area (Å²) >= 11 is 2.62. The van der Waals surface area contributed by atoms with Crippen LogP contribution in [0.15, 0.2) is 21.7 Å². The molecule has 162 valence electrons. The van der Waals surface area contributed by atoms with Gasteiger partial charge in [-0.05, 0) is 55.5 Å². The van der Waals surface area contributed by atoms with Crippen molar-refractivity contribution in [1.29, 1.82) is 0 Å². The first-order chi connectivity index (χ1) is 14.4. The van der Waals surface area contributed by atoms with Gasteiger partial charge in [-0.15, -0.1) is 22.7 Å². The molecule has 0 radical (unpaired) electrons. The Morgan fingerprint density at radius 1 is 1.17 bits per heavy atom. The number of carbonyl (C=O) groups excluding carboxylic acids is 2. The molecule has 1 unspecified atom stereocenters. The number of rotatable bonds is 5. The number of amides is 2. The number of piperidine rings is 1. The highest BCUT2D eigenvalue weighted by Crippen LogP contribution is 2.38. The molecule has 2 amide bonds. The summed E-state index contributed by atoms with van der Waals surface area (Å²) in [5, 5.41) is 5.15. The standard InChI is InChI=1S/C20H25N3O4S3/c21-18(24)17-14-7-2-1-3-8-15(14)29-20(17)22-19(25)13-6-4-10-23(12-13)30(26,27)16-9-5-11-28-16/h5,9,11,13H,1-4,6-8,10,12H2,(H2,21,24)(H,22,25). The number of anilines is 1. The van der Waals surface area contributed by atoms with Crippen LogP contribution < -0.4 is 11.1 Å². The van der Waals surface area contributed by atoms with Gasteiger partial charge in [-0.25, -0.2) is 8.42 Å². The first-order valence-electron chi connectivity index (χ1n) is 10.2. The number of aryl methyl sites for hydroxylation is 1. The summed E-state index contributed by atoms with van der Waals surface area (Å²) in [4.78, 5) is 26.3. The topological polar surface area (TPSA) is 110 Å². The van der Waals surface area contributed by atoms with Crippen LogP contribution in [0.5, 0.6) is 0 Å². The zero-order valence-corrected chi connectivity index (χ0v) is 19.0. The highest BCUT2D eigenvalue weighted by Gasteiger charge is 2.34. The summed E-state index contributed by atoms with van der Waals surface area (Å²) in [6, 6.07) is 3.29. The Kier molecular flexibility index (Phi) is 6.29. The molecule has 1 fully saturated rings. The van der Waals surface area contributed by atoms with E-state index in [1.165, 1.54) is 27.0 Å². The quantitative estimate of drug-likeness (QED) is 0.658. The molecular formula is C20H25N3O4S3. The van der Waals surface area contributed by atoms with Gasteiger partial charge >= 0.3 is 0 Å². The average molecular weight is 468 g/mol. The van der Waals surface area contributed by atoms with Crippen molar-refractivity contribution in [1.82, 2.24) is 4.31 Å². The van der Waals surface area contributed by atoms with E-state index >= 15 is 0 Å². The Bertz CT molecular complexity index is 1040. The van der Waals surface area contributed by atoms with Crippen LogP contribution in [0.1, 0.15) is 52.9 Å². The summed E-state index contributed by atoms with van der Waals surface area (Å²) in [6.45, 7) is 0.549. The number of hydrogen-bond donors (Lipinski definition) is 2. The maximum atomic E-state index is 13.0. The predicted octanol–water partition coefficient (Wildman–Crippen LogP) is 3.22. The monoisotopic (exact) mass is 467 g/mol. The van der Waals surface area contributed by atoms with Gasteiger partial charge in [-0.2, -0.15) is 4.31 Å². The second kappa shape index (κ2) is 8.78. The molecular weight excluding hydrogens is 442 g/mol.